The zero-order valence-electron chi connectivity index (χ0n) is 17.5. The van der Waals surface area contributed by atoms with Gasteiger partial charge in [-0.05, 0) is 71.7 Å². The van der Waals surface area contributed by atoms with Crippen molar-refractivity contribution in [2.45, 2.75) is 46.9 Å². The number of halogens is 2. The van der Waals surface area contributed by atoms with E-state index < -0.39 is 7.12 Å². The lowest BCUT2D eigenvalue weighted by molar-refractivity contribution is 0.275. The number of fused-ring (bicyclic) bond motifs is 3. The number of rotatable bonds is 0. The molecule has 0 amide bonds. The zero-order valence-corrected chi connectivity index (χ0v) is 18.3. The van der Waals surface area contributed by atoms with E-state index in [1.165, 1.54) is 23.3 Å². The lowest BCUT2D eigenvalue weighted by atomic mass is 9.63. The average molecular weight is 482 g/mol. The second kappa shape index (κ2) is 12.6. The smallest absolute Gasteiger partial charge is 0.446 e. The fraction of sp³-hybridized carbons (Fsp3) is 0.280. The molecular weight excluding hydrogens is 451 g/mol. The summed E-state index contributed by atoms with van der Waals surface area (Å²) in [5.41, 5.74) is 6.10. The van der Waals surface area contributed by atoms with E-state index in [2.05, 4.69) is 6.07 Å². The van der Waals surface area contributed by atoms with Crippen LogP contribution in [0.5, 0.6) is 0 Å². The molecule has 3 aliphatic rings. The number of aryl methyl sites for hydroxylation is 2. The largest absolute Gasteiger partial charge is 0.491 e. The van der Waals surface area contributed by atoms with Crippen molar-refractivity contribution in [2.75, 3.05) is 0 Å². The van der Waals surface area contributed by atoms with E-state index in [-0.39, 0.29) is 34.5 Å². The highest BCUT2D eigenvalue weighted by molar-refractivity contribution is 6.68. The Hall–Kier alpha value is -2.09. The van der Waals surface area contributed by atoms with Gasteiger partial charge in [-0.15, -0.1) is 0 Å². The Bertz CT molecular complexity index is 1040. The van der Waals surface area contributed by atoms with E-state index in [0.29, 0.717) is 12.1 Å². The van der Waals surface area contributed by atoms with E-state index in [4.69, 9.17) is 21.3 Å². The molecule has 3 N–H and O–H groups in total. The lowest BCUT2D eigenvalue weighted by Gasteiger charge is -1.99. The number of hydrogen-bond donors (Lipinski definition) is 3. The van der Waals surface area contributed by atoms with Crippen LogP contribution in [0.4, 0.5) is 4.39 Å². The van der Waals surface area contributed by atoms with Crippen molar-refractivity contribution in [3.05, 3.63) is 88.2 Å². The van der Waals surface area contributed by atoms with Crippen molar-refractivity contribution >= 4 is 48.9 Å². The Morgan fingerprint density at radius 2 is 1.35 bits per heavy atom. The minimum Gasteiger partial charge on any atom is -0.446 e. The quantitative estimate of drug-likeness (QED) is 0.431. The van der Waals surface area contributed by atoms with Crippen LogP contribution < -0.4 is 16.4 Å². The molecule has 3 aromatic rings. The van der Waals surface area contributed by atoms with Gasteiger partial charge >= 0.3 is 20.9 Å². The van der Waals surface area contributed by atoms with Crippen LogP contribution in [0.15, 0.2) is 60.7 Å². The predicted octanol–water partition coefficient (Wildman–Crippen LogP) is 2.84. The maximum absolute atomic E-state index is 12.6. The van der Waals surface area contributed by atoms with Crippen molar-refractivity contribution in [2.24, 2.45) is 0 Å². The van der Waals surface area contributed by atoms with E-state index in [9.17, 15) is 14.4 Å². The summed E-state index contributed by atoms with van der Waals surface area (Å²) in [6.45, 7) is -0.160. The summed E-state index contributed by atoms with van der Waals surface area (Å²) in [5.74, 6) is -0.290. The maximum Gasteiger partial charge on any atom is 0.491 e. The van der Waals surface area contributed by atoms with Gasteiger partial charge in [0.15, 0.2) is 0 Å². The highest BCUT2D eigenvalue weighted by atomic mass is 35.5. The minimum absolute atomic E-state index is 0. The summed E-state index contributed by atoms with van der Waals surface area (Å²) in [4.78, 5) is 0. The Labute approximate surface area is 208 Å². The monoisotopic (exact) mass is 482 g/mol. The van der Waals surface area contributed by atoms with Crippen LogP contribution in [0.3, 0.4) is 0 Å². The van der Waals surface area contributed by atoms with Crippen LogP contribution in [0.1, 0.15) is 31.5 Å². The van der Waals surface area contributed by atoms with Gasteiger partial charge in [-0.1, -0.05) is 74.0 Å². The van der Waals surface area contributed by atoms with Crippen LogP contribution >= 0.6 is 11.6 Å². The van der Waals surface area contributed by atoms with Gasteiger partial charge in [0.2, 0.25) is 0 Å². The van der Waals surface area contributed by atoms with Crippen molar-refractivity contribution in [3.8, 4) is 0 Å². The molecule has 3 aliphatic heterocycles. The normalized spacial score (nSPS) is 14.4. The summed E-state index contributed by atoms with van der Waals surface area (Å²) in [7, 11) is -0.870. The first-order valence-corrected chi connectivity index (χ1v) is 11.1. The van der Waals surface area contributed by atoms with Gasteiger partial charge in [-0.25, -0.2) is 4.39 Å². The molecular formula is C25H31B3ClFO4. The van der Waals surface area contributed by atoms with Gasteiger partial charge in [0.25, 0.3) is 0 Å². The van der Waals surface area contributed by atoms with Crippen LogP contribution in [0.25, 0.3) is 0 Å². The van der Waals surface area contributed by atoms with Gasteiger partial charge in [0, 0.05) is 5.02 Å². The standard InChI is InChI=1S/C8H8BClO.C8H9BO.C7H6BFO2.2CH4/c10-7-1-2-8-6(5-7)3-4-9(8)11;10-9-6-5-7-3-1-2-4-8(7)9;9-6-1-2-7-5(3-6)4-11-8(7)10;;/h1-2,5,11H,3-4H2;1-4,10H,5-6H2;1-3,10H,4H2;2*1H4. The molecule has 0 aromatic heterocycles. The van der Waals surface area contributed by atoms with Crippen LogP contribution in [-0.4, -0.2) is 36.0 Å². The third kappa shape index (κ3) is 6.52. The summed E-state index contributed by atoms with van der Waals surface area (Å²) < 4.78 is 17.4. The molecule has 0 radical (unpaired) electrons. The first-order chi connectivity index (χ1) is 15.4. The molecule has 6 rings (SSSR count). The summed E-state index contributed by atoms with van der Waals surface area (Å²) >= 11 is 5.79. The highest BCUT2D eigenvalue weighted by Gasteiger charge is 2.27. The second-order valence-electron chi connectivity index (χ2n) is 8.16. The Balaban J connectivity index is 0.000000175. The second-order valence-corrected chi connectivity index (χ2v) is 8.59. The van der Waals surface area contributed by atoms with Crippen LogP contribution in [0.2, 0.25) is 17.7 Å². The summed E-state index contributed by atoms with van der Waals surface area (Å²) in [6, 6.07) is 18.0. The van der Waals surface area contributed by atoms with Crippen molar-refractivity contribution < 1.29 is 24.1 Å². The third-order valence-corrected chi connectivity index (χ3v) is 6.26. The van der Waals surface area contributed by atoms with Gasteiger partial charge in [0.1, 0.15) is 5.82 Å². The molecule has 0 atom stereocenters. The van der Waals surface area contributed by atoms with E-state index >= 15 is 0 Å². The summed E-state index contributed by atoms with van der Waals surface area (Å²) in [6.07, 6.45) is 3.74. The average Bonchev–Trinajstić information content (AvgIpc) is 3.47. The number of benzene rings is 3. The topological polar surface area (TPSA) is 69.9 Å². The number of hydrogen-bond acceptors (Lipinski definition) is 4. The van der Waals surface area contributed by atoms with Crippen molar-refractivity contribution in [1.82, 2.24) is 0 Å². The molecule has 3 heterocycles. The molecule has 0 spiro atoms. The van der Waals surface area contributed by atoms with Crippen molar-refractivity contribution in [3.63, 3.8) is 0 Å². The SMILES string of the molecule is C.C.OB1CCc2cc(Cl)ccc21.OB1CCc2ccccc21.OB1OCc2cc(F)ccc21. The molecule has 0 saturated carbocycles. The van der Waals surface area contributed by atoms with Crippen molar-refractivity contribution in [1.29, 1.82) is 0 Å². The Morgan fingerprint density at radius 1 is 0.735 bits per heavy atom. The lowest BCUT2D eigenvalue weighted by Crippen LogP contribution is -2.27. The summed E-state index contributed by atoms with van der Waals surface area (Å²) in [5, 5.41) is 28.7. The fourth-order valence-electron chi connectivity index (χ4n) is 4.30. The van der Waals surface area contributed by atoms with Gasteiger partial charge in [-0.2, -0.15) is 0 Å². The molecule has 0 saturated heterocycles. The zero-order chi connectivity index (χ0) is 22.7. The molecule has 4 nitrogen and oxygen atoms in total. The van der Waals surface area contributed by atoms with E-state index in [1.54, 1.807) is 6.07 Å². The molecule has 34 heavy (non-hydrogen) atoms. The van der Waals surface area contributed by atoms with Gasteiger partial charge in [-0.3, -0.25) is 0 Å². The van der Waals surface area contributed by atoms with Gasteiger partial charge in [0.05, 0.1) is 6.61 Å². The predicted molar refractivity (Wildman–Crippen MR) is 142 cm³/mol. The molecule has 0 bridgehead atoms. The Morgan fingerprint density at radius 3 is 2.06 bits per heavy atom. The molecule has 0 fully saturated rings. The molecule has 0 aliphatic carbocycles. The van der Waals surface area contributed by atoms with E-state index in [1.807, 2.05) is 36.4 Å². The fourth-order valence-corrected chi connectivity index (χ4v) is 4.49. The third-order valence-electron chi connectivity index (χ3n) is 6.02. The molecule has 9 heteroatoms. The highest BCUT2D eigenvalue weighted by Crippen LogP contribution is 2.17. The molecule has 3 aromatic carbocycles. The first kappa shape index (κ1) is 28.2. The van der Waals surface area contributed by atoms with Crippen LogP contribution in [0, 0.1) is 5.82 Å². The maximum atomic E-state index is 12.6. The molecule has 0 unspecified atom stereocenters. The molecule has 178 valence electrons. The van der Waals surface area contributed by atoms with Gasteiger partial charge < -0.3 is 19.7 Å². The first-order valence-electron chi connectivity index (χ1n) is 10.7. The Kier molecular flexibility index (Phi) is 10.4. The van der Waals surface area contributed by atoms with E-state index in [0.717, 1.165) is 47.0 Å². The van der Waals surface area contributed by atoms with Crippen LogP contribution in [-0.2, 0) is 24.1 Å². The minimum atomic E-state index is -0.870.